The summed E-state index contributed by atoms with van der Waals surface area (Å²) in [4.78, 5) is 26.1. The second kappa shape index (κ2) is 4.42. The molecule has 1 aromatic heterocycles. The van der Waals surface area contributed by atoms with Gasteiger partial charge in [0.1, 0.15) is 5.75 Å². The summed E-state index contributed by atoms with van der Waals surface area (Å²) in [6, 6.07) is 12.1. The second-order valence-electron chi connectivity index (χ2n) is 4.95. The maximum atomic E-state index is 12.5. The summed E-state index contributed by atoms with van der Waals surface area (Å²) >= 11 is 0. The van der Waals surface area contributed by atoms with Gasteiger partial charge in [-0.25, -0.2) is 4.90 Å². The molecule has 6 heteroatoms. The van der Waals surface area contributed by atoms with Crippen LogP contribution in [0, 0.1) is 0 Å². The molecule has 0 atom stereocenters. The van der Waals surface area contributed by atoms with Gasteiger partial charge in [0.2, 0.25) is 0 Å². The normalized spacial score (nSPS) is 13.8. The Morgan fingerprint density at radius 2 is 1.73 bits per heavy atom. The summed E-state index contributed by atoms with van der Waals surface area (Å²) in [5.41, 5.74) is 1.50. The van der Waals surface area contributed by atoms with Crippen LogP contribution in [0.2, 0.25) is 0 Å². The third-order valence-corrected chi connectivity index (χ3v) is 3.76. The molecule has 0 fully saturated rings. The molecule has 2 aromatic carbocycles. The number of hydrogen-bond donors (Lipinski definition) is 1. The number of aromatic nitrogens is 2. The Morgan fingerprint density at radius 1 is 1.05 bits per heavy atom. The number of benzene rings is 2. The van der Waals surface area contributed by atoms with E-state index in [1.807, 2.05) is 0 Å². The van der Waals surface area contributed by atoms with Gasteiger partial charge in [-0.1, -0.05) is 12.1 Å². The Balaban J connectivity index is 1.87. The molecule has 3 aromatic rings. The first-order chi connectivity index (χ1) is 10.7. The standard InChI is InChI=1S/C16H11N3O3/c1-22-9-6-7-12-13(8-9)17-18-14(12)19-15(20)10-4-2-3-5-11(10)16(19)21/h2-8H,1H3,(H,17,18). The Kier molecular flexibility index (Phi) is 2.53. The molecule has 108 valence electrons. The van der Waals surface area contributed by atoms with Crippen molar-refractivity contribution >= 4 is 28.5 Å². The number of amides is 2. The van der Waals surface area contributed by atoms with E-state index in [-0.39, 0.29) is 11.8 Å². The van der Waals surface area contributed by atoms with Crippen molar-refractivity contribution in [2.45, 2.75) is 0 Å². The van der Waals surface area contributed by atoms with E-state index in [9.17, 15) is 9.59 Å². The maximum Gasteiger partial charge on any atom is 0.267 e. The number of rotatable bonds is 2. The SMILES string of the molecule is COc1ccc2c(N3C(=O)c4ccccc4C3=O)n[nH]c2c1. The van der Waals surface area contributed by atoms with Crippen molar-refractivity contribution in [3.63, 3.8) is 0 Å². The van der Waals surface area contributed by atoms with Crippen LogP contribution >= 0.6 is 0 Å². The molecule has 0 saturated heterocycles. The van der Waals surface area contributed by atoms with E-state index < -0.39 is 0 Å². The molecule has 0 unspecified atom stereocenters. The summed E-state index contributed by atoms with van der Waals surface area (Å²) < 4.78 is 5.15. The molecule has 2 heterocycles. The smallest absolute Gasteiger partial charge is 0.267 e. The van der Waals surface area contributed by atoms with Gasteiger partial charge in [-0.15, -0.1) is 0 Å². The third-order valence-electron chi connectivity index (χ3n) is 3.76. The third kappa shape index (κ3) is 1.57. The van der Waals surface area contributed by atoms with E-state index in [1.54, 1.807) is 49.6 Å². The minimum Gasteiger partial charge on any atom is -0.497 e. The summed E-state index contributed by atoms with van der Waals surface area (Å²) in [6.07, 6.45) is 0. The molecule has 1 aliphatic heterocycles. The number of aromatic amines is 1. The molecular weight excluding hydrogens is 282 g/mol. The number of ether oxygens (including phenoxy) is 1. The predicted octanol–water partition coefficient (Wildman–Crippen LogP) is 2.37. The molecule has 1 N–H and O–H groups in total. The molecule has 0 saturated carbocycles. The molecule has 0 radical (unpaired) electrons. The summed E-state index contributed by atoms with van der Waals surface area (Å²) in [6.45, 7) is 0. The van der Waals surface area contributed by atoms with E-state index in [1.165, 1.54) is 0 Å². The highest BCUT2D eigenvalue weighted by atomic mass is 16.5. The zero-order chi connectivity index (χ0) is 15.3. The lowest BCUT2D eigenvalue weighted by atomic mass is 10.1. The fourth-order valence-electron chi connectivity index (χ4n) is 2.66. The van der Waals surface area contributed by atoms with Gasteiger partial charge in [0.15, 0.2) is 5.82 Å². The lowest BCUT2D eigenvalue weighted by Crippen LogP contribution is -2.29. The largest absolute Gasteiger partial charge is 0.497 e. The van der Waals surface area contributed by atoms with Crippen LogP contribution in [-0.2, 0) is 0 Å². The van der Waals surface area contributed by atoms with E-state index >= 15 is 0 Å². The fraction of sp³-hybridized carbons (Fsp3) is 0.0625. The first-order valence-corrected chi connectivity index (χ1v) is 6.70. The molecule has 0 spiro atoms. The first kappa shape index (κ1) is 12.6. The molecule has 22 heavy (non-hydrogen) atoms. The minimum atomic E-state index is -0.357. The number of nitrogens with zero attached hydrogens (tertiary/aromatic N) is 2. The average Bonchev–Trinajstić information content (AvgIpc) is 3.07. The Bertz CT molecular complexity index is 894. The van der Waals surface area contributed by atoms with Crippen LogP contribution in [0.15, 0.2) is 42.5 Å². The molecular formula is C16H11N3O3. The number of carbonyl (C=O) groups is 2. The molecule has 0 bridgehead atoms. The van der Waals surface area contributed by atoms with Crippen LogP contribution in [0.3, 0.4) is 0 Å². The highest BCUT2D eigenvalue weighted by Crippen LogP contribution is 2.32. The van der Waals surface area contributed by atoms with Crippen molar-refractivity contribution in [1.82, 2.24) is 10.2 Å². The number of H-pyrrole nitrogens is 1. The topological polar surface area (TPSA) is 75.3 Å². The van der Waals surface area contributed by atoms with Gasteiger partial charge in [-0.3, -0.25) is 14.7 Å². The van der Waals surface area contributed by atoms with Crippen LogP contribution in [0.1, 0.15) is 20.7 Å². The number of nitrogens with one attached hydrogen (secondary N) is 1. The van der Waals surface area contributed by atoms with Crippen LogP contribution in [0.25, 0.3) is 10.9 Å². The van der Waals surface area contributed by atoms with Gasteiger partial charge in [0.25, 0.3) is 11.8 Å². The Labute approximate surface area is 125 Å². The van der Waals surface area contributed by atoms with E-state index in [0.29, 0.717) is 33.6 Å². The van der Waals surface area contributed by atoms with Gasteiger partial charge in [-0.05, 0) is 24.3 Å². The van der Waals surface area contributed by atoms with Gasteiger partial charge in [-0.2, -0.15) is 5.10 Å². The van der Waals surface area contributed by atoms with Crippen molar-refractivity contribution in [2.75, 3.05) is 12.0 Å². The second-order valence-corrected chi connectivity index (χ2v) is 4.95. The summed E-state index contributed by atoms with van der Waals surface area (Å²) in [7, 11) is 1.57. The zero-order valence-corrected chi connectivity index (χ0v) is 11.7. The van der Waals surface area contributed by atoms with Crippen LogP contribution in [-0.4, -0.2) is 29.1 Å². The van der Waals surface area contributed by atoms with Crippen LogP contribution < -0.4 is 9.64 Å². The van der Waals surface area contributed by atoms with E-state index in [4.69, 9.17) is 4.74 Å². The number of imide groups is 1. The van der Waals surface area contributed by atoms with E-state index in [2.05, 4.69) is 10.2 Å². The first-order valence-electron chi connectivity index (χ1n) is 6.70. The van der Waals surface area contributed by atoms with Crippen LogP contribution in [0.5, 0.6) is 5.75 Å². The summed E-state index contributed by atoms with van der Waals surface area (Å²) in [5.74, 6) is 0.267. The Morgan fingerprint density at radius 3 is 2.36 bits per heavy atom. The fourth-order valence-corrected chi connectivity index (χ4v) is 2.66. The number of fused-ring (bicyclic) bond motifs is 2. The Hall–Kier alpha value is -3.15. The van der Waals surface area contributed by atoms with Crippen LogP contribution in [0.4, 0.5) is 5.82 Å². The highest BCUT2D eigenvalue weighted by Gasteiger charge is 2.38. The molecule has 0 aliphatic carbocycles. The van der Waals surface area contributed by atoms with Gasteiger partial charge >= 0.3 is 0 Å². The number of methoxy groups -OCH3 is 1. The van der Waals surface area contributed by atoms with Crippen molar-refractivity contribution in [1.29, 1.82) is 0 Å². The predicted molar refractivity (Wildman–Crippen MR) is 80.2 cm³/mol. The van der Waals surface area contributed by atoms with Crippen molar-refractivity contribution < 1.29 is 14.3 Å². The molecule has 4 rings (SSSR count). The number of anilines is 1. The van der Waals surface area contributed by atoms with Gasteiger partial charge < -0.3 is 4.74 Å². The van der Waals surface area contributed by atoms with Crippen molar-refractivity contribution in [3.05, 3.63) is 53.6 Å². The monoisotopic (exact) mass is 293 g/mol. The minimum absolute atomic E-state index is 0.309. The van der Waals surface area contributed by atoms with Gasteiger partial charge in [0.05, 0.1) is 23.8 Å². The average molecular weight is 293 g/mol. The van der Waals surface area contributed by atoms with Crippen molar-refractivity contribution in [3.8, 4) is 5.75 Å². The zero-order valence-electron chi connectivity index (χ0n) is 11.7. The van der Waals surface area contributed by atoms with E-state index in [0.717, 1.165) is 4.90 Å². The number of hydrogen-bond acceptors (Lipinski definition) is 4. The maximum absolute atomic E-state index is 12.5. The lowest BCUT2D eigenvalue weighted by molar-refractivity contribution is 0.0925. The number of carbonyl (C=O) groups excluding carboxylic acids is 2. The quantitative estimate of drug-likeness (QED) is 0.736. The summed E-state index contributed by atoms with van der Waals surface area (Å²) in [5, 5.41) is 7.66. The lowest BCUT2D eigenvalue weighted by Gasteiger charge is -2.10. The molecule has 6 nitrogen and oxygen atoms in total. The highest BCUT2D eigenvalue weighted by molar-refractivity contribution is 6.35. The van der Waals surface area contributed by atoms with Gasteiger partial charge in [0, 0.05) is 11.5 Å². The van der Waals surface area contributed by atoms with Crippen molar-refractivity contribution in [2.24, 2.45) is 0 Å². The molecule has 2 amide bonds. The molecule has 1 aliphatic rings.